The Kier molecular flexibility index (Phi) is 7.65. The van der Waals surface area contributed by atoms with Gasteiger partial charge >= 0.3 is 0 Å². The third-order valence-electron chi connectivity index (χ3n) is 6.03. The van der Waals surface area contributed by atoms with Crippen LogP contribution in [0.4, 0.5) is 29.0 Å². The Labute approximate surface area is 221 Å². The molecule has 0 aliphatic carbocycles. The first-order valence-electron chi connectivity index (χ1n) is 12.5. The van der Waals surface area contributed by atoms with E-state index in [2.05, 4.69) is 63.2 Å². The smallest absolute Gasteiger partial charge is 0.229 e. The number of nitrogens with one attached hydrogen (secondary N) is 4. The number of pyridine rings is 1. The van der Waals surface area contributed by atoms with Crippen molar-refractivity contribution in [2.45, 2.75) is 13.3 Å². The molecule has 0 radical (unpaired) electrons. The van der Waals surface area contributed by atoms with Gasteiger partial charge in [-0.05, 0) is 49.4 Å². The number of rotatable bonds is 8. The normalized spacial score (nSPS) is 13.2. The van der Waals surface area contributed by atoms with Crippen LogP contribution in [-0.2, 0) is 11.2 Å². The average Bonchev–Trinajstić information content (AvgIpc) is 2.94. The Hall–Kier alpha value is -4.64. The van der Waals surface area contributed by atoms with Crippen LogP contribution in [-0.4, -0.2) is 64.1 Å². The van der Waals surface area contributed by atoms with Gasteiger partial charge in [0.15, 0.2) is 5.82 Å². The maximum absolute atomic E-state index is 12.0. The van der Waals surface area contributed by atoms with Crippen LogP contribution >= 0.6 is 0 Å². The number of benzene rings is 1. The molecule has 1 aliphatic heterocycles. The van der Waals surface area contributed by atoms with E-state index >= 15 is 0 Å². The van der Waals surface area contributed by atoms with E-state index in [1.54, 1.807) is 25.4 Å². The molecule has 1 aliphatic rings. The van der Waals surface area contributed by atoms with E-state index < -0.39 is 0 Å². The van der Waals surface area contributed by atoms with Crippen LogP contribution in [0.1, 0.15) is 11.4 Å². The number of amides is 1. The fourth-order valence-electron chi connectivity index (χ4n) is 4.11. The van der Waals surface area contributed by atoms with Gasteiger partial charge in [0, 0.05) is 62.6 Å². The third kappa shape index (κ3) is 6.37. The second-order valence-electron chi connectivity index (χ2n) is 8.88. The number of hydrogen-bond donors (Lipinski definition) is 4. The zero-order valence-electron chi connectivity index (χ0n) is 21.4. The van der Waals surface area contributed by atoms with Crippen molar-refractivity contribution in [3.8, 4) is 11.5 Å². The molecule has 0 saturated carbocycles. The van der Waals surface area contributed by atoms with Crippen molar-refractivity contribution >= 4 is 34.9 Å². The van der Waals surface area contributed by atoms with E-state index in [4.69, 9.17) is 0 Å². The lowest BCUT2D eigenvalue weighted by Gasteiger charge is -2.29. The second kappa shape index (κ2) is 11.6. The van der Waals surface area contributed by atoms with E-state index in [1.165, 1.54) is 5.69 Å². The van der Waals surface area contributed by atoms with Crippen molar-refractivity contribution in [1.29, 1.82) is 0 Å². The summed E-state index contributed by atoms with van der Waals surface area (Å²) in [6.45, 7) is 5.90. The molecule has 0 atom stereocenters. The van der Waals surface area contributed by atoms with Crippen LogP contribution < -0.4 is 26.2 Å². The largest absolute Gasteiger partial charge is 0.369 e. The summed E-state index contributed by atoms with van der Waals surface area (Å²) >= 11 is 0. The molecule has 1 amide bonds. The van der Waals surface area contributed by atoms with E-state index in [0.29, 0.717) is 34.8 Å². The number of hydrogen-bond acceptors (Lipinski definition) is 10. The first-order valence-corrected chi connectivity index (χ1v) is 12.5. The molecule has 194 valence electrons. The predicted molar refractivity (Wildman–Crippen MR) is 148 cm³/mol. The first kappa shape index (κ1) is 25.0. The molecule has 5 rings (SSSR count). The van der Waals surface area contributed by atoms with Gasteiger partial charge in [0.05, 0.1) is 12.1 Å². The summed E-state index contributed by atoms with van der Waals surface area (Å²) < 4.78 is 0. The fraction of sp³-hybridized carbons (Fsp3) is 0.259. The summed E-state index contributed by atoms with van der Waals surface area (Å²) in [4.78, 5) is 37.1. The quantitative estimate of drug-likeness (QED) is 0.280. The summed E-state index contributed by atoms with van der Waals surface area (Å²) in [5, 5.41) is 12.5. The molecular formula is C27H30N10O. The molecule has 1 aromatic carbocycles. The summed E-state index contributed by atoms with van der Waals surface area (Å²) in [7, 11) is 1.60. The van der Waals surface area contributed by atoms with Gasteiger partial charge in [-0.25, -0.2) is 19.9 Å². The highest BCUT2D eigenvalue weighted by molar-refractivity contribution is 5.78. The molecule has 4 heterocycles. The number of likely N-dealkylation sites (N-methyl/N-ethyl adjacent to an activating group) is 1. The van der Waals surface area contributed by atoms with Crippen LogP contribution in [0.2, 0.25) is 0 Å². The minimum Gasteiger partial charge on any atom is -0.369 e. The van der Waals surface area contributed by atoms with Gasteiger partial charge < -0.3 is 26.2 Å². The van der Waals surface area contributed by atoms with Crippen LogP contribution in [0.5, 0.6) is 0 Å². The highest BCUT2D eigenvalue weighted by atomic mass is 16.1. The molecule has 1 fully saturated rings. The van der Waals surface area contributed by atoms with E-state index in [1.807, 2.05) is 37.3 Å². The minimum absolute atomic E-state index is 0.118. The van der Waals surface area contributed by atoms with Gasteiger partial charge in [0.2, 0.25) is 11.9 Å². The van der Waals surface area contributed by atoms with E-state index in [9.17, 15) is 4.79 Å². The van der Waals surface area contributed by atoms with Crippen LogP contribution in [0.25, 0.3) is 11.5 Å². The molecule has 38 heavy (non-hydrogen) atoms. The lowest BCUT2D eigenvalue weighted by molar-refractivity contribution is -0.120. The highest BCUT2D eigenvalue weighted by Gasteiger charge is 2.13. The lowest BCUT2D eigenvalue weighted by Crippen LogP contribution is -2.43. The Morgan fingerprint density at radius 2 is 1.76 bits per heavy atom. The van der Waals surface area contributed by atoms with Gasteiger partial charge in [-0.2, -0.15) is 4.98 Å². The Balaban J connectivity index is 1.34. The molecule has 11 heteroatoms. The van der Waals surface area contributed by atoms with Crippen LogP contribution in [0, 0.1) is 6.92 Å². The zero-order valence-corrected chi connectivity index (χ0v) is 21.4. The number of anilines is 5. The molecule has 11 nitrogen and oxygen atoms in total. The van der Waals surface area contributed by atoms with Gasteiger partial charge in [-0.3, -0.25) is 4.79 Å². The monoisotopic (exact) mass is 510 g/mol. The molecule has 0 unspecified atom stereocenters. The SMILES string of the molecule is CNC(=O)Cc1cc(Nc2ccnc(Nc3ccc(N4CCNCC4)cc3)n2)nc(-c2cccc(C)n2)n1. The van der Waals surface area contributed by atoms with Gasteiger partial charge in [0.1, 0.15) is 17.3 Å². The third-order valence-corrected chi connectivity index (χ3v) is 6.03. The average molecular weight is 511 g/mol. The molecule has 1 saturated heterocycles. The number of carbonyl (C=O) groups excluding carboxylic acids is 1. The van der Waals surface area contributed by atoms with E-state index in [0.717, 1.165) is 37.6 Å². The Morgan fingerprint density at radius 1 is 0.947 bits per heavy atom. The number of aromatic nitrogens is 5. The van der Waals surface area contributed by atoms with E-state index in [-0.39, 0.29) is 12.3 Å². The Morgan fingerprint density at radius 3 is 2.53 bits per heavy atom. The number of aryl methyl sites for hydroxylation is 1. The molecule has 0 spiro atoms. The summed E-state index contributed by atoms with van der Waals surface area (Å²) in [5.41, 5.74) is 4.13. The first-order chi connectivity index (χ1) is 18.6. The van der Waals surface area contributed by atoms with Crippen molar-refractivity contribution in [3.05, 3.63) is 72.2 Å². The summed E-state index contributed by atoms with van der Waals surface area (Å²) in [5.74, 6) is 1.78. The van der Waals surface area contributed by atoms with Crippen LogP contribution in [0.15, 0.2) is 60.8 Å². The predicted octanol–water partition coefficient (Wildman–Crippen LogP) is 2.82. The van der Waals surface area contributed by atoms with Crippen molar-refractivity contribution in [3.63, 3.8) is 0 Å². The fourth-order valence-corrected chi connectivity index (χ4v) is 4.11. The van der Waals surface area contributed by atoms with Gasteiger partial charge in [0.25, 0.3) is 0 Å². The zero-order chi connectivity index (χ0) is 26.3. The van der Waals surface area contributed by atoms with Crippen molar-refractivity contribution in [2.75, 3.05) is 48.8 Å². The number of piperazine rings is 1. The lowest BCUT2D eigenvalue weighted by atomic mass is 10.2. The topological polar surface area (TPSA) is 133 Å². The van der Waals surface area contributed by atoms with Crippen LogP contribution in [0.3, 0.4) is 0 Å². The summed E-state index contributed by atoms with van der Waals surface area (Å²) in [6.07, 6.45) is 1.79. The van der Waals surface area contributed by atoms with Crippen molar-refractivity contribution in [1.82, 2.24) is 35.6 Å². The standard InChI is InChI=1S/C27H30N10O/c1-18-4-3-5-22(31-18)26-32-20(17-25(38)28-2)16-24(35-26)34-23-10-11-30-27(36-23)33-19-6-8-21(9-7-19)37-14-12-29-13-15-37/h3-11,16,29H,12-15,17H2,1-2H3,(H,28,38)(H2,30,32,33,34,35,36). The molecule has 4 aromatic rings. The minimum atomic E-state index is -0.144. The van der Waals surface area contributed by atoms with Gasteiger partial charge in [-0.15, -0.1) is 0 Å². The highest BCUT2D eigenvalue weighted by Crippen LogP contribution is 2.22. The summed E-state index contributed by atoms with van der Waals surface area (Å²) in [6, 6.07) is 17.4. The maximum Gasteiger partial charge on any atom is 0.229 e. The van der Waals surface area contributed by atoms with Crippen molar-refractivity contribution < 1.29 is 4.79 Å². The van der Waals surface area contributed by atoms with Crippen molar-refractivity contribution in [2.24, 2.45) is 0 Å². The molecular weight excluding hydrogens is 480 g/mol. The number of nitrogens with zero attached hydrogens (tertiary/aromatic N) is 6. The van der Waals surface area contributed by atoms with Gasteiger partial charge in [-0.1, -0.05) is 6.07 Å². The molecule has 3 aromatic heterocycles. The molecule has 0 bridgehead atoms. The maximum atomic E-state index is 12.0. The molecule has 4 N–H and O–H groups in total. The Bertz CT molecular complexity index is 1400. The number of carbonyl (C=O) groups is 1. The second-order valence-corrected chi connectivity index (χ2v) is 8.88.